The molecule has 0 bridgehead atoms. The molecule has 3 heteroatoms. The van der Waals surface area contributed by atoms with E-state index in [2.05, 4.69) is 42.5 Å². The van der Waals surface area contributed by atoms with Crippen LogP contribution in [0.25, 0.3) is 0 Å². The quantitative estimate of drug-likeness (QED) is 0.877. The monoisotopic (exact) mass is 238 g/mol. The van der Waals surface area contributed by atoms with E-state index in [1.807, 2.05) is 0 Å². The Kier molecular flexibility index (Phi) is 3.38. The van der Waals surface area contributed by atoms with Crippen molar-refractivity contribution < 1.29 is 0 Å². The highest BCUT2D eigenvalue weighted by atomic mass is 32.1. The number of nitrogens with zero attached hydrogens (tertiary/aromatic N) is 1. The van der Waals surface area contributed by atoms with Crippen molar-refractivity contribution in [3.8, 4) is 0 Å². The lowest BCUT2D eigenvalue weighted by molar-refractivity contribution is 0.101. The Hall–Kier alpha value is -0.380. The highest BCUT2D eigenvalue weighted by Crippen LogP contribution is 2.38. The lowest BCUT2D eigenvalue weighted by atomic mass is 9.95. The lowest BCUT2D eigenvalue weighted by Crippen LogP contribution is -2.46. The van der Waals surface area contributed by atoms with E-state index in [1.54, 1.807) is 11.3 Å². The zero-order valence-electron chi connectivity index (χ0n) is 10.4. The molecule has 0 aliphatic carbocycles. The van der Waals surface area contributed by atoms with E-state index in [0.717, 1.165) is 0 Å². The Bertz CT molecular complexity index is 330. The SMILES string of the molecule is CC(N)C(c1ccsc1)N1CCCC1(C)C. The van der Waals surface area contributed by atoms with Crippen LogP contribution in [0.5, 0.6) is 0 Å². The molecular weight excluding hydrogens is 216 g/mol. The second-order valence-electron chi connectivity index (χ2n) is 5.47. The summed E-state index contributed by atoms with van der Waals surface area (Å²) < 4.78 is 0. The molecule has 2 nitrogen and oxygen atoms in total. The van der Waals surface area contributed by atoms with Gasteiger partial charge < -0.3 is 5.73 Å². The van der Waals surface area contributed by atoms with Crippen LogP contribution in [0.1, 0.15) is 45.2 Å². The van der Waals surface area contributed by atoms with Crippen LogP contribution in [0.4, 0.5) is 0 Å². The first kappa shape index (κ1) is 12.1. The molecule has 0 radical (unpaired) electrons. The molecule has 2 heterocycles. The third kappa shape index (κ3) is 2.17. The van der Waals surface area contributed by atoms with Crippen LogP contribution >= 0.6 is 11.3 Å². The van der Waals surface area contributed by atoms with Crippen molar-refractivity contribution in [1.29, 1.82) is 0 Å². The first-order valence-corrected chi connectivity index (χ1v) is 7.01. The summed E-state index contributed by atoms with van der Waals surface area (Å²) in [6.45, 7) is 7.97. The number of thiophene rings is 1. The fraction of sp³-hybridized carbons (Fsp3) is 0.692. The highest BCUT2D eigenvalue weighted by Gasteiger charge is 2.38. The van der Waals surface area contributed by atoms with Crippen LogP contribution in [-0.2, 0) is 0 Å². The number of hydrogen-bond acceptors (Lipinski definition) is 3. The number of hydrogen-bond donors (Lipinski definition) is 1. The number of likely N-dealkylation sites (tertiary alicyclic amines) is 1. The van der Waals surface area contributed by atoms with Gasteiger partial charge in [-0.15, -0.1) is 0 Å². The molecule has 0 aromatic carbocycles. The van der Waals surface area contributed by atoms with Crippen LogP contribution in [0.3, 0.4) is 0 Å². The van der Waals surface area contributed by atoms with Gasteiger partial charge in [-0.05, 0) is 62.5 Å². The van der Waals surface area contributed by atoms with Gasteiger partial charge in [-0.1, -0.05) is 0 Å². The minimum atomic E-state index is 0.187. The molecule has 0 amide bonds. The topological polar surface area (TPSA) is 29.3 Å². The van der Waals surface area contributed by atoms with E-state index in [9.17, 15) is 0 Å². The van der Waals surface area contributed by atoms with Crippen LogP contribution in [0, 0.1) is 0 Å². The molecule has 1 aromatic heterocycles. The Labute approximate surface area is 102 Å². The molecule has 2 N–H and O–H groups in total. The molecule has 90 valence electrons. The normalized spacial score (nSPS) is 24.5. The van der Waals surface area contributed by atoms with Crippen molar-refractivity contribution >= 4 is 11.3 Å². The van der Waals surface area contributed by atoms with E-state index in [4.69, 9.17) is 5.73 Å². The second kappa shape index (κ2) is 4.47. The Morgan fingerprint density at radius 2 is 2.25 bits per heavy atom. The third-order valence-corrected chi connectivity index (χ3v) is 4.39. The molecule has 1 aromatic rings. The predicted octanol–water partition coefficient (Wildman–Crippen LogP) is 3.01. The molecule has 16 heavy (non-hydrogen) atoms. The van der Waals surface area contributed by atoms with Crippen molar-refractivity contribution in [2.24, 2.45) is 5.73 Å². The molecule has 1 aliphatic rings. The molecule has 2 atom stereocenters. The Morgan fingerprint density at radius 1 is 1.50 bits per heavy atom. The van der Waals surface area contributed by atoms with Gasteiger partial charge in [-0.3, -0.25) is 4.90 Å². The smallest absolute Gasteiger partial charge is 0.0509 e. The summed E-state index contributed by atoms with van der Waals surface area (Å²) in [7, 11) is 0. The van der Waals surface area contributed by atoms with E-state index >= 15 is 0 Å². The molecule has 1 fully saturated rings. The average molecular weight is 238 g/mol. The van der Waals surface area contributed by atoms with Gasteiger partial charge in [0, 0.05) is 11.6 Å². The van der Waals surface area contributed by atoms with Crippen molar-refractivity contribution in [3.63, 3.8) is 0 Å². The Balaban J connectivity index is 2.27. The zero-order chi connectivity index (χ0) is 11.8. The fourth-order valence-electron chi connectivity index (χ4n) is 2.85. The maximum absolute atomic E-state index is 6.19. The van der Waals surface area contributed by atoms with Gasteiger partial charge in [0.2, 0.25) is 0 Å². The van der Waals surface area contributed by atoms with E-state index in [1.165, 1.54) is 24.9 Å². The maximum atomic E-state index is 6.19. The maximum Gasteiger partial charge on any atom is 0.0509 e. The van der Waals surface area contributed by atoms with E-state index < -0.39 is 0 Å². The summed E-state index contributed by atoms with van der Waals surface area (Å²) in [6, 6.07) is 2.78. The van der Waals surface area contributed by atoms with Crippen LogP contribution in [0.2, 0.25) is 0 Å². The minimum absolute atomic E-state index is 0.187. The summed E-state index contributed by atoms with van der Waals surface area (Å²) in [5.74, 6) is 0. The summed E-state index contributed by atoms with van der Waals surface area (Å²) in [5.41, 5.74) is 7.87. The predicted molar refractivity (Wildman–Crippen MR) is 70.7 cm³/mol. The molecule has 0 saturated carbocycles. The average Bonchev–Trinajstić information content (AvgIpc) is 2.77. The number of rotatable bonds is 3. The minimum Gasteiger partial charge on any atom is -0.326 e. The Morgan fingerprint density at radius 3 is 2.69 bits per heavy atom. The summed E-state index contributed by atoms with van der Waals surface area (Å²) in [4.78, 5) is 2.58. The molecule has 1 saturated heterocycles. The van der Waals surface area contributed by atoms with Crippen LogP contribution in [-0.4, -0.2) is 23.0 Å². The van der Waals surface area contributed by atoms with Gasteiger partial charge in [0.1, 0.15) is 0 Å². The molecule has 2 unspecified atom stereocenters. The van der Waals surface area contributed by atoms with E-state index in [-0.39, 0.29) is 6.04 Å². The van der Waals surface area contributed by atoms with Crippen LogP contribution < -0.4 is 5.73 Å². The van der Waals surface area contributed by atoms with Crippen molar-refractivity contribution in [3.05, 3.63) is 22.4 Å². The van der Waals surface area contributed by atoms with Crippen LogP contribution in [0.15, 0.2) is 16.8 Å². The molecular formula is C13H22N2S. The lowest BCUT2D eigenvalue weighted by Gasteiger charge is -2.40. The van der Waals surface area contributed by atoms with Gasteiger partial charge in [0.05, 0.1) is 6.04 Å². The summed E-state index contributed by atoms with van der Waals surface area (Å²) >= 11 is 1.76. The van der Waals surface area contributed by atoms with Crippen molar-refractivity contribution in [2.75, 3.05) is 6.54 Å². The van der Waals surface area contributed by atoms with Gasteiger partial charge in [-0.2, -0.15) is 11.3 Å². The molecule has 0 spiro atoms. The highest BCUT2D eigenvalue weighted by molar-refractivity contribution is 7.07. The number of nitrogens with two attached hydrogens (primary N) is 1. The standard InChI is InChI=1S/C13H22N2S/c1-10(14)12(11-5-8-16-9-11)15-7-4-6-13(15,2)3/h5,8-10,12H,4,6-7,14H2,1-3H3. The largest absolute Gasteiger partial charge is 0.326 e. The van der Waals surface area contributed by atoms with Crippen molar-refractivity contribution in [2.45, 2.75) is 51.2 Å². The van der Waals surface area contributed by atoms with Gasteiger partial charge in [0.15, 0.2) is 0 Å². The zero-order valence-corrected chi connectivity index (χ0v) is 11.3. The fourth-order valence-corrected chi connectivity index (χ4v) is 3.54. The second-order valence-corrected chi connectivity index (χ2v) is 6.25. The van der Waals surface area contributed by atoms with E-state index in [0.29, 0.717) is 11.6 Å². The first-order chi connectivity index (χ1) is 7.52. The molecule has 1 aliphatic heterocycles. The van der Waals surface area contributed by atoms with Gasteiger partial charge in [-0.25, -0.2) is 0 Å². The molecule has 2 rings (SSSR count). The summed E-state index contributed by atoms with van der Waals surface area (Å²) in [6.07, 6.45) is 2.57. The first-order valence-electron chi connectivity index (χ1n) is 6.07. The van der Waals surface area contributed by atoms with Gasteiger partial charge >= 0.3 is 0 Å². The van der Waals surface area contributed by atoms with Gasteiger partial charge in [0.25, 0.3) is 0 Å². The summed E-state index contributed by atoms with van der Waals surface area (Å²) in [5, 5.41) is 4.39. The third-order valence-electron chi connectivity index (χ3n) is 3.68. The van der Waals surface area contributed by atoms with Crippen molar-refractivity contribution in [1.82, 2.24) is 4.90 Å².